The molecular formula is C16H16F2N4O2. The van der Waals surface area contributed by atoms with E-state index in [4.69, 9.17) is 10.8 Å². The first-order chi connectivity index (χ1) is 11.3. The number of carboxylic acid groups (broad SMARTS) is 1. The number of nitrogens with zero attached hydrogens (tertiary/aromatic N) is 3. The number of carboxylic acids is 1. The molecule has 8 heteroatoms. The van der Waals surface area contributed by atoms with Crippen molar-refractivity contribution >= 4 is 11.8 Å². The van der Waals surface area contributed by atoms with Gasteiger partial charge in [0.25, 0.3) is 6.43 Å². The molecule has 1 heterocycles. The average molecular weight is 334 g/mol. The van der Waals surface area contributed by atoms with Crippen LogP contribution in [0.3, 0.4) is 0 Å². The van der Waals surface area contributed by atoms with Gasteiger partial charge in [-0.2, -0.15) is 10.4 Å². The number of anilines is 1. The number of benzene rings is 1. The summed E-state index contributed by atoms with van der Waals surface area (Å²) in [5, 5.41) is 22.3. The Labute approximate surface area is 137 Å². The number of aliphatic carboxylic acids is 1. The lowest BCUT2D eigenvalue weighted by Crippen LogP contribution is -2.17. The van der Waals surface area contributed by atoms with Gasteiger partial charge in [-0.3, -0.25) is 4.79 Å². The molecular weight excluding hydrogens is 318 g/mol. The zero-order chi connectivity index (χ0) is 18.0. The van der Waals surface area contributed by atoms with E-state index in [9.17, 15) is 18.8 Å². The maximum absolute atomic E-state index is 12.9. The van der Waals surface area contributed by atoms with E-state index in [1.54, 1.807) is 31.2 Å². The average Bonchev–Trinajstić information content (AvgIpc) is 2.89. The summed E-state index contributed by atoms with van der Waals surface area (Å²) in [5.74, 6) is -1.76. The van der Waals surface area contributed by atoms with Gasteiger partial charge in [0.15, 0.2) is 0 Å². The van der Waals surface area contributed by atoms with Crippen molar-refractivity contribution in [1.29, 1.82) is 5.26 Å². The van der Waals surface area contributed by atoms with Crippen molar-refractivity contribution in [2.24, 2.45) is 0 Å². The lowest BCUT2D eigenvalue weighted by molar-refractivity contribution is -0.138. The summed E-state index contributed by atoms with van der Waals surface area (Å²) in [5.41, 5.74) is 7.06. The monoisotopic (exact) mass is 334 g/mol. The Hall–Kier alpha value is -2.95. The van der Waals surface area contributed by atoms with Crippen molar-refractivity contribution in [3.63, 3.8) is 0 Å². The highest BCUT2D eigenvalue weighted by molar-refractivity contribution is 5.77. The molecule has 24 heavy (non-hydrogen) atoms. The largest absolute Gasteiger partial charge is 0.481 e. The fourth-order valence-corrected chi connectivity index (χ4v) is 2.25. The van der Waals surface area contributed by atoms with E-state index in [0.29, 0.717) is 11.1 Å². The number of rotatable bonds is 5. The van der Waals surface area contributed by atoms with Crippen LogP contribution in [-0.4, -0.2) is 27.3 Å². The first kappa shape index (κ1) is 17.4. The molecule has 0 fully saturated rings. The molecule has 0 saturated heterocycles. The number of hydrogen-bond acceptors (Lipinski definition) is 4. The number of nitrogen functional groups attached to an aromatic ring is 1. The van der Waals surface area contributed by atoms with Crippen LogP contribution >= 0.6 is 0 Å². The van der Waals surface area contributed by atoms with E-state index in [-0.39, 0.29) is 17.1 Å². The Kier molecular flexibility index (Phi) is 4.83. The minimum Gasteiger partial charge on any atom is -0.481 e. The van der Waals surface area contributed by atoms with Crippen molar-refractivity contribution in [2.75, 3.05) is 5.73 Å². The molecule has 3 N–H and O–H groups in total. The van der Waals surface area contributed by atoms with E-state index in [1.807, 2.05) is 6.07 Å². The maximum Gasteiger partial charge on any atom is 0.310 e. The zero-order valence-electron chi connectivity index (χ0n) is 13.1. The topological polar surface area (TPSA) is 105 Å². The number of nitrogens with two attached hydrogens (primary N) is 1. The summed E-state index contributed by atoms with van der Waals surface area (Å²) >= 11 is 0. The Bertz CT molecular complexity index is 794. The molecule has 0 bridgehead atoms. The lowest BCUT2D eigenvalue weighted by atomic mass is 9.98. The SMILES string of the molecule is CC(C(=O)O)c1ccc(-c2nn(C(C)C(F)F)c(N)c2C#N)cc1. The summed E-state index contributed by atoms with van der Waals surface area (Å²) in [6.07, 6.45) is -2.68. The molecule has 2 unspecified atom stereocenters. The molecule has 6 nitrogen and oxygen atoms in total. The van der Waals surface area contributed by atoms with Gasteiger partial charge in [0.1, 0.15) is 29.2 Å². The van der Waals surface area contributed by atoms with E-state index in [0.717, 1.165) is 4.68 Å². The van der Waals surface area contributed by atoms with Crippen LogP contribution in [0.5, 0.6) is 0 Å². The molecule has 1 aromatic carbocycles. The first-order valence-corrected chi connectivity index (χ1v) is 7.17. The molecule has 0 aliphatic heterocycles. The van der Waals surface area contributed by atoms with Gasteiger partial charge in [-0.1, -0.05) is 24.3 Å². The minimum atomic E-state index is -2.68. The van der Waals surface area contributed by atoms with Crippen LogP contribution in [0, 0.1) is 11.3 Å². The molecule has 2 atom stereocenters. The molecule has 0 aliphatic rings. The Morgan fingerprint density at radius 1 is 1.33 bits per heavy atom. The van der Waals surface area contributed by atoms with Crippen molar-refractivity contribution < 1.29 is 18.7 Å². The predicted octanol–water partition coefficient (Wildman–Crippen LogP) is 3.02. The smallest absolute Gasteiger partial charge is 0.310 e. The van der Waals surface area contributed by atoms with Crippen molar-refractivity contribution in [1.82, 2.24) is 9.78 Å². The van der Waals surface area contributed by atoms with Gasteiger partial charge in [0, 0.05) is 5.56 Å². The van der Waals surface area contributed by atoms with E-state index >= 15 is 0 Å². The summed E-state index contributed by atoms with van der Waals surface area (Å²) < 4.78 is 26.7. The quantitative estimate of drug-likeness (QED) is 0.874. The van der Waals surface area contributed by atoms with Crippen molar-refractivity contribution in [3.8, 4) is 17.3 Å². The number of halogens is 2. The second-order valence-electron chi connectivity index (χ2n) is 5.42. The number of aromatic nitrogens is 2. The van der Waals surface area contributed by atoms with Crippen LogP contribution in [0.2, 0.25) is 0 Å². The maximum atomic E-state index is 12.9. The van der Waals surface area contributed by atoms with E-state index in [1.165, 1.54) is 6.92 Å². The summed E-state index contributed by atoms with van der Waals surface area (Å²) in [4.78, 5) is 11.0. The molecule has 2 aromatic rings. The molecule has 0 spiro atoms. The highest BCUT2D eigenvalue weighted by atomic mass is 19.3. The van der Waals surface area contributed by atoms with Crippen LogP contribution < -0.4 is 5.73 Å². The van der Waals surface area contributed by atoms with Crippen LogP contribution in [0.25, 0.3) is 11.3 Å². The van der Waals surface area contributed by atoms with Gasteiger partial charge in [-0.05, 0) is 19.4 Å². The number of hydrogen-bond donors (Lipinski definition) is 2. The van der Waals surface area contributed by atoms with Crippen LogP contribution in [0.15, 0.2) is 24.3 Å². The number of alkyl halides is 2. The van der Waals surface area contributed by atoms with Crippen molar-refractivity contribution in [3.05, 3.63) is 35.4 Å². The molecule has 0 aliphatic carbocycles. The highest BCUT2D eigenvalue weighted by Gasteiger charge is 2.25. The van der Waals surface area contributed by atoms with Crippen LogP contribution in [-0.2, 0) is 4.79 Å². The van der Waals surface area contributed by atoms with E-state index < -0.39 is 24.4 Å². The van der Waals surface area contributed by atoms with Gasteiger partial charge in [-0.25, -0.2) is 13.5 Å². The standard InChI is InChI=1S/C16H16F2N4O2/c1-8(16(23)24)10-3-5-11(6-4-10)13-12(7-19)15(20)22(21-13)9(2)14(17)18/h3-6,8-9,14H,20H2,1-2H3,(H,23,24). The molecule has 0 radical (unpaired) electrons. The third-order valence-electron chi connectivity index (χ3n) is 3.86. The van der Waals surface area contributed by atoms with E-state index in [2.05, 4.69) is 5.10 Å². The summed E-state index contributed by atoms with van der Waals surface area (Å²) in [6.45, 7) is 2.81. The third kappa shape index (κ3) is 3.06. The normalized spacial score (nSPS) is 13.5. The minimum absolute atomic E-state index is 0.0153. The first-order valence-electron chi connectivity index (χ1n) is 7.17. The zero-order valence-corrected chi connectivity index (χ0v) is 13.1. The highest BCUT2D eigenvalue weighted by Crippen LogP contribution is 2.31. The van der Waals surface area contributed by atoms with Gasteiger partial charge in [0.05, 0.1) is 5.92 Å². The van der Waals surface area contributed by atoms with Gasteiger partial charge >= 0.3 is 5.97 Å². The second kappa shape index (κ2) is 6.66. The Balaban J connectivity index is 2.47. The molecule has 1 aromatic heterocycles. The molecule has 126 valence electrons. The lowest BCUT2D eigenvalue weighted by Gasteiger charge is -2.12. The third-order valence-corrected chi connectivity index (χ3v) is 3.86. The fraction of sp³-hybridized carbons (Fsp3) is 0.312. The number of nitriles is 1. The van der Waals surface area contributed by atoms with Crippen molar-refractivity contribution in [2.45, 2.75) is 32.2 Å². The summed E-state index contributed by atoms with van der Waals surface area (Å²) in [6, 6.07) is 7.00. The van der Waals surface area contributed by atoms with Gasteiger partial charge in [-0.15, -0.1) is 0 Å². The Morgan fingerprint density at radius 2 is 1.92 bits per heavy atom. The molecule has 0 saturated carbocycles. The molecule has 2 rings (SSSR count). The second-order valence-corrected chi connectivity index (χ2v) is 5.42. The fourth-order valence-electron chi connectivity index (χ4n) is 2.25. The summed E-state index contributed by atoms with van der Waals surface area (Å²) in [7, 11) is 0. The van der Waals surface area contributed by atoms with Gasteiger partial charge in [0.2, 0.25) is 0 Å². The predicted molar refractivity (Wildman–Crippen MR) is 83.6 cm³/mol. The Morgan fingerprint density at radius 3 is 2.38 bits per heavy atom. The number of carbonyl (C=O) groups is 1. The van der Waals surface area contributed by atoms with Crippen LogP contribution in [0.1, 0.15) is 36.9 Å². The van der Waals surface area contributed by atoms with Gasteiger partial charge < -0.3 is 10.8 Å². The van der Waals surface area contributed by atoms with Crippen LogP contribution in [0.4, 0.5) is 14.6 Å². The molecule has 0 amide bonds.